The maximum atomic E-state index is 5.40. The molecular weight excluding hydrogens is 216 g/mol. The number of aromatic nitrogens is 3. The van der Waals surface area contributed by atoms with E-state index in [1.54, 1.807) is 10.7 Å². The van der Waals surface area contributed by atoms with E-state index in [0.717, 1.165) is 44.1 Å². The van der Waals surface area contributed by atoms with Gasteiger partial charge in [0.2, 0.25) is 0 Å². The number of fused-ring (bicyclic) bond motifs is 1. The number of nitrogens with zero attached hydrogens (tertiary/aromatic N) is 3. The van der Waals surface area contributed by atoms with Gasteiger partial charge in [-0.25, -0.2) is 9.50 Å². The van der Waals surface area contributed by atoms with Gasteiger partial charge in [-0.15, -0.1) is 0 Å². The maximum absolute atomic E-state index is 5.40. The highest BCUT2D eigenvalue weighted by atomic mass is 16.5. The number of rotatable bonds is 7. The topological polar surface area (TPSA) is 51.5 Å². The molecule has 0 spiro atoms. The number of ether oxygens (including phenoxy) is 1. The summed E-state index contributed by atoms with van der Waals surface area (Å²) in [5.41, 5.74) is 0.859. The molecule has 1 N–H and O–H groups in total. The molecule has 2 rings (SSSR count). The second-order valence-corrected chi connectivity index (χ2v) is 3.84. The first-order valence-electron chi connectivity index (χ1n) is 6.02. The fraction of sp³-hybridized carbons (Fsp3) is 0.500. The van der Waals surface area contributed by atoms with Crippen LogP contribution in [0.3, 0.4) is 0 Å². The van der Waals surface area contributed by atoms with E-state index in [1.807, 2.05) is 18.3 Å². The zero-order chi connectivity index (χ0) is 11.9. The fourth-order valence-corrected chi connectivity index (χ4v) is 1.55. The lowest BCUT2D eigenvalue weighted by Gasteiger charge is -2.06. The Labute approximate surface area is 101 Å². The lowest BCUT2D eigenvalue weighted by Crippen LogP contribution is -2.07. The predicted octanol–water partition coefficient (Wildman–Crippen LogP) is 1.96. The molecule has 2 aromatic heterocycles. The minimum atomic E-state index is 0.801. The zero-order valence-electron chi connectivity index (χ0n) is 10.1. The van der Waals surface area contributed by atoms with Crippen molar-refractivity contribution in [2.24, 2.45) is 0 Å². The van der Waals surface area contributed by atoms with Crippen LogP contribution < -0.4 is 5.32 Å². The molecule has 0 aliphatic rings. The molecule has 0 atom stereocenters. The van der Waals surface area contributed by atoms with Crippen molar-refractivity contribution in [3.05, 3.63) is 24.5 Å². The third-order valence-electron chi connectivity index (χ3n) is 2.38. The largest absolute Gasteiger partial charge is 0.381 e. The van der Waals surface area contributed by atoms with E-state index in [9.17, 15) is 0 Å². The van der Waals surface area contributed by atoms with Gasteiger partial charge in [-0.05, 0) is 18.9 Å². The molecule has 0 aliphatic heterocycles. The first-order chi connectivity index (χ1) is 8.40. The fourth-order valence-electron chi connectivity index (χ4n) is 1.55. The SMILES string of the molecule is CCCOCCCNc1ccn2nccc2n1. The Balaban J connectivity index is 1.75. The molecule has 5 nitrogen and oxygen atoms in total. The van der Waals surface area contributed by atoms with Crippen molar-refractivity contribution >= 4 is 11.5 Å². The molecular formula is C12H18N4O. The van der Waals surface area contributed by atoms with E-state index >= 15 is 0 Å². The second-order valence-electron chi connectivity index (χ2n) is 3.84. The third-order valence-corrected chi connectivity index (χ3v) is 2.38. The maximum Gasteiger partial charge on any atom is 0.157 e. The monoisotopic (exact) mass is 234 g/mol. The Morgan fingerprint density at radius 1 is 1.35 bits per heavy atom. The molecule has 0 bridgehead atoms. The van der Waals surface area contributed by atoms with Crippen LogP contribution >= 0.6 is 0 Å². The molecule has 0 aliphatic carbocycles. The summed E-state index contributed by atoms with van der Waals surface area (Å²) in [6.07, 6.45) is 5.71. The van der Waals surface area contributed by atoms with E-state index in [2.05, 4.69) is 22.3 Å². The average molecular weight is 234 g/mol. The van der Waals surface area contributed by atoms with Crippen molar-refractivity contribution in [2.75, 3.05) is 25.1 Å². The first kappa shape index (κ1) is 11.9. The first-order valence-corrected chi connectivity index (χ1v) is 6.02. The summed E-state index contributed by atoms with van der Waals surface area (Å²) in [5.74, 6) is 0.883. The van der Waals surface area contributed by atoms with Crippen molar-refractivity contribution in [3.8, 4) is 0 Å². The number of anilines is 1. The lowest BCUT2D eigenvalue weighted by atomic mass is 10.4. The number of hydrogen-bond acceptors (Lipinski definition) is 4. The quantitative estimate of drug-likeness (QED) is 0.744. The Kier molecular flexibility index (Phi) is 4.32. The Bertz CT molecular complexity index is 454. The summed E-state index contributed by atoms with van der Waals surface area (Å²) in [7, 11) is 0. The molecule has 0 amide bonds. The van der Waals surface area contributed by atoms with E-state index < -0.39 is 0 Å². The van der Waals surface area contributed by atoms with Gasteiger partial charge in [0.05, 0.1) is 6.20 Å². The summed E-state index contributed by atoms with van der Waals surface area (Å²) in [6.45, 7) is 4.64. The van der Waals surface area contributed by atoms with Crippen molar-refractivity contribution in [2.45, 2.75) is 19.8 Å². The highest BCUT2D eigenvalue weighted by Gasteiger charge is 1.97. The van der Waals surface area contributed by atoms with Crippen LogP contribution in [0.15, 0.2) is 24.5 Å². The summed E-state index contributed by atoms with van der Waals surface area (Å²) in [4.78, 5) is 4.42. The third kappa shape index (κ3) is 3.42. The molecule has 0 unspecified atom stereocenters. The molecule has 2 heterocycles. The van der Waals surface area contributed by atoms with Crippen LogP contribution in [0.1, 0.15) is 19.8 Å². The van der Waals surface area contributed by atoms with E-state index in [1.165, 1.54) is 0 Å². The molecule has 5 heteroatoms. The van der Waals surface area contributed by atoms with Crippen molar-refractivity contribution < 1.29 is 4.74 Å². The van der Waals surface area contributed by atoms with Crippen molar-refractivity contribution in [3.63, 3.8) is 0 Å². The normalized spacial score (nSPS) is 10.9. The van der Waals surface area contributed by atoms with Gasteiger partial charge in [-0.1, -0.05) is 6.92 Å². The molecule has 17 heavy (non-hydrogen) atoms. The Morgan fingerprint density at radius 3 is 3.18 bits per heavy atom. The van der Waals surface area contributed by atoms with Gasteiger partial charge in [-0.2, -0.15) is 5.10 Å². The van der Waals surface area contributed by atoms with Crippen molar-refractivity contribution in [1.29, 1.82) is 0 Å². The van der Waals surface area contributed by atoms with E-state index in [0.29, 0.717) is 0 Å². The van der Waals surface area contributed by atoms with E-state index in [4.69, 9.17) is 4.74 Å². The summed E-state index contributed by atoms with van der Waals surface area (Å²) in [5, 5.41) is 7.37. The minimum Gasteiger partial charge on any atom is -0.381 e. The van der Waals surface area contributed by atoms with Gasteiger partial charge in [0.1, 0.15) is 5.82 Å². The van der Waals surface area contributed by atoms with Gasteiger partial charge < -0.3 is 10.1 Å². The van der Waals surface area contributed by atoms with Crippen LogP contribution in [-0.4, -0.2) is 34.4 Å². The number of nitrogens with one attached hydrogen (secondary N) is 1. The summed E-state index contributed by atoms with van der Waals surface area (Å²) < 4.78 is 7.15. The lowest BCUT2D eigenvalue weighted by molar-refractivity contribution is 0.134. The Hall–Kier alpha value is -1.62. The van der Waals surface area contributed by atoms with Crippen LogP contribution in [0.5, 0.6) is 0 Å². The van der Waals surface area contributed by atoms with Crippen LogP contribution in [0.25, 0.3) is 5.65 Å². The highest BCUT2D eigenvalue weighted by molar-refractivity contribution is 5.45. The molecule has 0 radical (unpaired) electrons. The van der Waals surface area contributed by atoms with Crippen LogP contribution in [0, 0.1) is 0 Å². The standard InChI is InChI=1S/C12H18N4O/c1-2-9-17-10-3-6-13-11-5-8-16-12(15-11)4-7-14-16/h4-5,7-8H,2-3,6,9-10H2,1H3,(H,13,15). The molecule has 92 valence electrons. The predicted molar refractivity (Wildman–Crippen MR) is 67.2 cm³/mol. The molecule has 0 aromatic carbocycles. The van der Waals surface area contributed by atoms with Crippen molar-refractivity contribution in [1.82, 2.24) is 14.6 Å². The molecule has 0 saturated carbocycles. The Morgan fingerprint density at radius 2 is 2.29 bits per heavy atom. The van der Waals surface area contributed by atoms with Crippen LogP contribution in [-0.2, 0) is 4.74 Å². The van der Waals surface area contributed by atoms with Crippen LogP contribution in [0.4, 0.5) is 5.82 Å². The molecule has 2 aromatic rings. The van der Waals surface area contributed by atoms with Gasteiger partial charge in [0.25, 0.3) is 0 Å². The zero-order valence-corrected chi connectivity index (χ0v) is 10.1. The average Bonchev–Trinajstić information content (AvgIpc) is 2.81. The van der Waals surface area contributed by atoms with Gasteiger partial charge in [-0.3, -0.25) is 0 Å². The number of hydrogen-bond donors (Lipinski definition) is 1. The van der Waals surface area contributed by atoms with Gasteiger partial charge in [0.15, 0.2) is 5.65 Å². The smallest absolute Gasteiger partial charge is 0.157 e. The summed E-state index contributed by atoms with van der Waals surface area (Å²) in [6, 6.07) is 3.81. The summed E-state index contributed by atoms with van der Waals surface area (Å²) >= 11 is 0. The van der Waals surface area contributed by atoms with Gasteiger partial charge >= 0.3 is 0 Å². The highest BCUT2D eigenvalue weighted by Crippen LogP contribution is 2.05. The van der Waals surface area contributed by atoms with Crippen LogP contribution in [0.2, 0.25) is 0 Å². The second kappa shape index (κ2) is 6.20. The molecule has 0 fully saturated rings. The van der Waals surface area contributed by atoms with E-state index in [-0.39, 0.29) is 0 Å². The van der Waals surface area contributed by atoms with Gasteiger partial charge in [0, 0.05) is 32.0 Å². The minimum absolute atomic E-state index is 0.801. The molecule has 0 saturated heterocycles.